The van der Waals surface area contributed by atoms with Gasteiger partial charge in [0.1, 0.15) is 11.4 Å². The number of hydrogen-bond donors (Lipinski definition) is 3. The monoisotopic (exact) mass is 472 g/mol. The average molecular weight is 474 g/mol. The SMILES string of the molecule is Cc1onc(-c2c(Cl)cccc2Cl)c1NC(=O)NNC(=O)c1c(Cl)cccc1Cl. The second-order valence-electron chi connectivity index (χ2n) is 5.69. The number of carbonyl (C=O) groups excluding carboxylic acids is 2. The quantitative estimate of drug-likeness (QED) is 0.423. The van der Waals surface area contributed by atoms with Gasteiger partial charge in [-0.15, -0.1) is 0 Å². The van der Waals surface area contributed by atoms with Gasteiger partial charge in [-0.05, 0) is 31.2 Å². The number of urea groups is 1. The average Bonchev–Trinajstić information content (AvgIpc) is 3.00. The molecule has 1 aromatic heterocycles. The number of aryl methyl sites for hydroxylation is 1. The molecule has 0 unspecified atom stereocenters. The molecule has 2 aromatic carbocycles. The Balaban J connectivity index is 1.76. The third kappa shape index (κ3) is 4.59. The van der Waals surface area contributed by atoms with Crippen molar-refractivity contribution in [1.82, 2.24) is 16.0 Å². The normalized spacial score (nSPS) is 10.5. The van der Waals surface area contributed by atoms with Crippen molar-refractivity contribution in [3.8, 4) is 11.3 Å². The van der Waals surface area contributed by atoms with Crippen molar-refractivity contribution in [3.05, 3.63) is 67.8 Å². The van der Waals surface area contributed by atoms with Crippen LogP contribution in [0.1, 0.15) is 16.1 Å². The van der Waals surface area contributed by atoms with Crippen LogP contribution in [0.25, 0.3) is 11.3 Å². The maximum Gasteiger partial charge on any atom is 0.338 e. The molecule has 0 fully saturated rings. The number of nitrogens with one attached hydrogen (secondary N) is 3. The van der Waals surface area contributed by atoms with Gasteiger partial charge in [0, 0.05) is 5.56 Å². The number of amides is 3. The van der Waals surface area contributed by atoms with Crippen LogP contribution in [-0.2, 0) is 0 Å². The van der Waals surface area contributed by atoms with Gasteiger partial charge in [0.2, 0.25) is 0 Å². The second kappa shape index (κ2) is 8.92. The third-order valence-corrected chi connectivity index (χ3v) is 5.04. The van der Waals surface area contributed by atoms with Gasteiger partial charge in [0.05, 0.1) is 25.7 Å². The van der Waals surface area contributed by atoms with E-state index in [1.807, 2.05) is 0 Å². The van der Waals surface area contributed by atoms with Gasteiger partial charge in [-0.2, -0.15) is 0 Å². The molecule has 29 heavy (non-hydrogen) atoms. The largest absolute Gasteiger partial charge is 0.359 e. The number of benzene rings is 2. The summed E-state index contributed by atoms with van der Waals surface area (Å²) < 4.78 is 5.16. The molecule has 3 N–H and O–H groups in total. The Morgan fingerprint density at radius 2 is 1.45 bits per heavy atom. The Morgan fingerprint density at radius 1 is 0.897 bits per heavy atom. The van der Waals surface area contributed by atoms with E-state index < -0.39 is 11.9 Å². The molecule has 0 saturated carbocycles. The van der Waals surface area contributed by atoms with Crippen molar-refractivity contribution in [2.45, 2.75) is 6.92 Å². The zero-order valence-electron chi connectivity index (χ0n) is 14.6. The Hall–Kier alpha value is -2.45. The molecule has 0 aliphatic carbocycles. The summed E-state index contributed by atoms with van der Waals surface area (Å²) in [4.78, 5) is 24.5. The molecule has 0 bridgehead atoms. The molecule has 11 heteroatoms. The van der Waals surface area contributed by atoms with Gasteiger partial charge in [0.15, 0.2) is 5.76 Å². The first-order chi connectivity index (χ1) is 13.8. The molecule has 0 radical (unpaired) electrons. The summed E-state index contributed by atoms with van der Waals surface area (Å²) in [6.45, 7) is 1.60. The van der Waals surface area contributed by atoms with Crippen LogP contribution >= 0.6 is 46.4 Å². The number of hydrazine groups is 1. The van der Waals surface area contributed by atoms with Gasteiger partial charge in [-0.3, -0.25) is 10.2 Å². The van der Waals surface area contributed by atoms with E-state index in [2.05, 4.69) is 21.3 Å². The highest BCUT2D eigenvalue weighted by atomic mass is 35.5. The first-order valence-electron chi connectivity index (χ1n) is 8.01. The number of rotatable bonds is 3. The summed E-state index contributed by atoms with van der Waals surface area (Å²) in [5, 5.41) is 7.40. The standard InChI is InChI=1S/C18H12Cl4N4O3/c1-8-15(16(26-29-8)13-9(19)4-2-5-10(13)20)23-18(28)25-24-17(27)14-11(21)6-3-7-12(14)22/h2-7H,1H3,(H,24,27)(H2,23,25,28). The molecule has 0 spiro atoms. The van der Waals surface area contributed by atoms with Crippen LogP contribution in [0, 0.1) is 6.92 Å². The first kappa shape index (κ1) is 21.3. The van der Waals surface area contributed by atoms with E-state index in [1.165, 1.54) is 12.1 Å². The van der Waals surface area contributed by atoms with Crippen molar-refractivity contribution in [2.24, 2.45) is 0 Å². The number of anilines is 1. The van der Waals surface area contributed by atoms with Crippen molar-refractivity contribution >= 4 is 64.0 Å². The van der Waals surface area contributed by atoms with Crippen molar-refractivity contribution in [3.63, 3.8) is 0 Å². The van der Waals surface area contributed by atoms with Gasteiger partial charge in [-0.25, -0.2) is 10.2 Å². The van der Waals surface area contributed by atoms with Gasteiger partial charge < -0.3 is 9.84 Å². The number of halogens is 4. The molecule has 3 aromatic rings. The summed E-state index contributed by atoms with van der Waals surface area (Å²) in [6, 6.07) is 8.77. The molecule has 0 aliphatic heterocycles. The number of hydrogen-bond acceptors (Lipinski definition) is 4. The van der Waals surface area contributed by atoms with Crippen LogP contribution in [0.3, 0.4) is 0 Å². The van der Waals surface area contributed by atoms with Crippen molar-refractivity contribution in [1.29, 1.82) is 0 Å². The van der Waals surface area contributed by atoms with Crippen LogP contribution < -0.4 is 16.2 Å². The van der Waals surface area contributed by atoms with Gasteiger partial charge in [0.25, 0.3) is 5.91 Å². The molecule has 0 atom stereocenters. The Morgan fingerprint density at radius 3 is 2.03 bits per heavy atom. The smallest absolute Gasteiger partial charge is 0.338 e. The zero-order chi connectivity index (χ0) is 21.1. The summed E-state index contributed by atoms with van der Waals surface area (Å²) >= 11 is 24.4. The maximum absolute atomic E-state index is 12.3. The highest BCUT2D eigenvalue weighted by Gasteiger charge is 2.22. The lowest BCUT2D eigenvalue weighted by molar-refractivity contribution is 0.0938. The number of aromatic nitrogens is 1. The fraction of sp³-hybridized carbons (Fsp3) is 0.0556. The van der Waals surface area contributed by atoms with E-state index in [9.17, 15) is 9.59 Å². The van der Waals surface area contributed by atoms with E-state index >= 15 is 0 Å². The summed E-state index contributed by atoms with van der Waals surface area (Å²) in [7, 11) is 0. The molecule has 150 valence electrons. The maximum atomic E-state index is 12.3. The highest BCUT2D eigenvalue weighted by Crippen LogP contribution is 2.39. The lowest BCUT2D eigenvalue weighted by Crippen LogP contribution is -2.44. The molecule has 0 saturated heterocycles. The Kier molecular flexibility index (Phi) is 6.54. The van der Waals surface area contributed by atoms with Crippen LogP contribution in [0.2, 0.25) is 20.1 Å². The van der Waals surface area contributed by atoms with E-state index in [1.54, 1.807) is 31.2 Å². The fourth-order valence-electron chi connectivity index (χ4n) is 2.45. The van der Waals surface area contributed by atoms with Gasteiger partial charge in [-0.1, -0.05) is 63.7 Å². The summed E-state index contributed by atoms with van der Waals surface area (Å²) in [5.41, 5.74) is 5.34. The minimum atomic E-state index is -0.766. The molecule has 3 amide bonds. The molecule has 7 nitrogen and oxygen atoms in total. The van der Waals surface area contributed by atoms with Crippen LogP contribution in [-0.4, -0.2) is 17.1 Å². The summed E-state index contributed by atoms with van der Waals surface area (Å²) in [6.07, 6.45) is 0. The third-order valence-electron chi connectivity index (χ3n) is 3.78. The lowest BCUT2D eigenvalue weighted by atomic mass is 10.1. The van der Waals surface area contributed by atoms with E-state index in [0.717, 1.165) is 0 Å². The predicted molar refractivity (Wildman–Crippen MR) is 113 cm³/mol. The van der Waals surface area contributed by atoms with Crippen LogP contribution in [0.5, 0.6) is 0 Å². The summed E-state index contributed by atoms with van der Waals surface area (Å²) in [5.74, 6) is -0.376. The Labute approximate surface area is 185 Å². The number of nitrogens with zero attached hydrogens (tertiary/aromatic N) is 1. The fourth-order valence-corrected chi connectivity index (χ4v) is 3.60. The van der Waals surface area contributed by atoms with Crippen molar-refractivity contribution < 1.29 is 14.1 Å². The molecule has 1 heterocycles. The minimum Gasteiger partial charge on any atom is -0.359 e. The minimum absolute atomic E-state index is 0.0285. The van der Waals surface area contributed by atoms with Crippen LogP contribution in [0.4, 0.5) is 10.5 Å². The van der Waals surface area contributed by atoms with E-state index in [-0.39, 0.29) is 27.0 Å². The van der Waals surface area contributed by atoms with E-state index in [0.29, 0.717) is 21.4 Å². The lowest BCUT2D eigenvalue weighted by Gasteiger charge is -2.11. The molecular formula is C18H12Cl4N4O3. The Bertz CT molecular complexity index is 1060. The van der Waals surface area contributed by atoms with E-state index in [4.69, 9.17) is 50.9 Å². The molecule has 3 rings (SSSR count). The topological polar surface area (TPSA) is 96.3 Å². The zero-order valence-corrected chi connectivity index (χ0v) is 17.7. The first-order valence-corrected chi connectivity index (χ1v) is 9.52. The van der Waals surface area contributed by atoms with Crippen LogP contribution in [0.15, 0.2) is 40.9 Å². The predicted octanol–water partition coefficient (Wildman–Crippen LogP) is 5.73. The second-order valence-corrected chi connectivity index (χ2v) is 7.32. The van der Waals surface area contributed by atoms with Crippen molar-refractivity contribution in [2.75, 3.05) is 5.32 Å². The number of carbonyl (C=O) groups is 2. The molecular weight excluding hydrogens is 462 g/mol. The van der Waals surface area contributed by atoms with Gasteiger partial charge >= 0.3 is 6.03 Å². The molecule has 0 aliphatic rings. The highest BCUT2D eigenvalue weighted by molar-refractivity contribution is 6.40.